The topological polar surface area (TPSA) is 106 Å². The first-order valence-corrected chi connectivity index (χ1v) is 6.45. The molecule has 7 heteroatoms. The van der Waals surface area contributed by atoms with Gasteiger partial charge in [-0.25, -0.2) is 4.79 Å². The number of rotatable bonds is 6. The van der Waals surface area contributed by atoms with Crippen LogP contribution in [-0.2, 0) is 4.79 Å². The van der Waals surface area contributed by atoms with E-state index in [2.05, 4.69) is 0 Å². The number of benzene rings is 1. The van der Waals surface area contributed by atoms with Gasteiger partial charge in [-0.05, 0) is 25.1 Å². The average Bonchev–Trinajstić information content (AvgIpc) is 2.47. The first-order chi connectivity index (χ1) is 10.5. The van der Waals surface area contributed by atoms with E-state index in [1.54, 1.807) is 13.0 Å². The van der Waals surface area contributed by atoms with Gasteiger partial charge in [0.1, 0.15) is 11.3 Å². The number of hydrogen-bond donors (Lipinski definition) is 2. The molecular formula is C15H14O7. The third-order valence-electron chi connectivity index (χ3n) is 2.72. The monoisotopic (exact) mass is 306 g/mol. The zero-order chi connectivity index (χ0) is 16.1. The molecule has 22 heavy (non-hydrogen) atoms. The van der Waals surface area contributed by atoms with Crippen LogP contribution in [0.2, 0.25) is 0 Å². The third-order valence-corrected chi connectivity index (χ3v) is 2.72. The summed E-state index contributed by atoms with van der Waals surface area (Å²) in [6, 6.07) is 4.41. The largest absolute Gasteiger partial charge is 0.504 e. The van der Waals surface area contributed by atoms with Crippen LogP contribution in [0.5, 0.6) is 17.2 Å². The molecule has 2 rings (SSSR count). The number of carbonyl (C=O) groups is 1. The zero-order valence-electron chi connectivity index (χ0n) is 11.7. The van der Waals surface area contributed by atoms with Crippen LogP contribution in [0.1, 0.15) is 13.3 Å². The van der Waals surface area contributed by atoms with Gasteiger partial charge >= 0.3 is 11.6 Å². The van der Waals surface area contributed by atoms with Crippen molar-refractivity contribution >= 4 is 16.9 Å². The van der Waals surface area contributed by atoms with Crippen molar-refractivity contribution < 1.29 is 28.9 Å². The molecule has 0 fully saturated rings. The molecule has 2 N–H and O–H groups in total. The minimum Gasteiger partial charge on any atom is -0.504 e. The fraction of sp³-hybridized carbons (Fsp3) is 0.200. The van der Waals surface area contributed by atoms with E-state index in [0.29, 0.717) is 5.75 Å². The molecule has 0 aliphatic rings. The zero-order valence-corrected chi connectivity index (χ0v) is 11.7. The van der Waals surface area contributed by atoms with E-state index >= 15 is 0 Å². The Morgan fingerprint density at radius 2 is 2.18 bits per heavy atom. The number of carboxylic acids is 1. The molecule has 1 aromatic carbocycles. The van der Waals surface area contributed by atoms with Crippen LogP contribution in [-0.4, -0.2) is 22.8 Å². The minimum atomic E-state index is -0.975. The van der Waals surface area contributed by atoms with Crippen molar-refractivity contribution in [3.8, 4) is 17.2 Å². The Labute approximate surface area is 125 Å². The molecule has 0 atom stereocenters. The van der Waals surface area contributed by atoms with E-state index in [1.165, 1.54) is 24.5 Å². The van der Waals surface area contributed by atoms with Gasteiger partial charge < -0.3 is 24.1 Å². The van der Waals surface area contributed by atoms with E-state index in [-0.39, 0.29) is 35.5 Å². The Hall–Kier alpha value is -2.96. The van der Waals surface area contributed by atoms with Gasteiger partial charge in [-0.1, -0.05) is 6.08 Å². The Balaban J connectivity index is 2.37. The highest BCUT2D eigenvalue weighted by atomic mass is 16.5. The lowest BCUT2D eigenvalue weighted by Crippen LogP contribution is -2.05. The standard InChI is InChI=1S/C15H14O7/c1-2-6-21-14-13(18)10-8-9(20-7-5-12(16)17)3-4-11(10)22-15(14)19/h2-4,6,8,18H,5,7H2,1H3,(H,16,17)/b6-2-. The SMILES string of the molecule is C/C=C\Oc1c(O)c2cc(OCCC(=O)O)ccc2oc1=O. The van der Waals surface area contributed by atoms with Crippen LogP contribution in [0.4, 0.5) is 0 Å². The predicted molar refractivity (Wildman–Crippen MR) is 77.3 cm³/mol. The van der Waals surface area contributed by atoms with Crippen molar-refractivity contribution in [3.05, 3.63) is 41.0 Å². The van der Waals surface area contributed by atoms with E-state index in [0.717, 1.165) is 0 Å². The van der Waals surface area contributed by atoms with Crippen LogP contribution in [0, 0.1) is 0 Å². The number of carboxylic acid groups (broad SMARTS) is 1. The summed E-state index contributed by atoms with van der Waals surface area (Å²) in [5, 5.41) is 18.9. The summed E-state index contributed by atoms with van der Waals surface area (Å²) in [6.45, 7) is 1.68. The van der Waals surface area contributed by atoms with Crippen LogP contribution < -0.4 is 15.1 Å². The van der Waals surface area contributed by atoms with Crippen LogP contribution in [0.25, 0.3) is 11.0 Å². The summed E-state index contributed by atoms with van der Waals surface area (Å²) in [5.74, 6) is -1.33. The molecule has 0 saturated carbocycles. The summed E-state index contributed by atoms with van der Waals surface area (Å²) < 4.78 is 15.3. The highest BCUT2D eigenvalue weighted by molar-refractivity contribution is 5.86. The summed E-state index contributed by atoms with van der Waals surface area (Å²) in [6.07, 6.45) is 2.64. The number of fused-ring (bicyclic) bond motifs is 1. The first-order valence-electron chi connectivity index (χ1n) is 6.45. The molecule has 1 heterocycles. The number of hydrogen-bond acceptors (Lipinski definition) is 6. The van der Waals surface area contributed by atoms with Crippen molar-refractivity contribution in [2.75, 3.05) is 6.61 Å². The molecule has 7 nitrogen and oxygen atoms in total. The molecule has 0 bridgehead atoms. The smallest absolute Gasteiger partial charge is 0.383 e. The maximum Gasteiger partial charge on any atom is 0.383 e. The van der Waals surface area contributed by atoms with Gasteiger partial charge in [0.05, 0.1) is 24.7 Å². The van der Waals surface area contributed by atoms with Gasteiger partial charge in [-0.2, -0.15) is 0 Å². The summed E-state index contributed by atoms with van der Waals surface area (Å²) in [5.41, 5.74) is -0.636. The predicted octanol–water partition coefficient (Wildman–Crippen LogP) is 2.26. The number of aliphatic carboxylic acids is 1. The van der Waals surface area contributed by atoms with Gasteiger partial charge in [-0.15, -0.1) is 0 Å². The molecular weight excluding hydrogens is 292 g/mol. The molecule has 0 radical (unpaired) electrons. The van der Waals surface area contributed by atoms with Crippen molar-refractivity contribution in [2.24, 2.45) is 0 Å². The highest BCUT2D eigenvalue weighted by Crippen LogP contribution is 2.33. The number of ether oxygens (including phenoxy) is 2. The minimum absolute atomic E-state index is 0.0136. The van der Waals surface area contributed by atoms with Crippen molar-refractivity contribution in [2.45, 2.75) is 13.3 Å². The number of allylic oxidation sites excluding steroid dienone is 1. The lowest BCUT2D eigenvalue weighted by molar-refractivity contribution is -0.137. The van der Waals surface area contributed by atoms with E-state index in [9.17, 15) is 14.7 Å². The first kappa shape index (κ1) is 15.4. The van der Waals surface area contributed by atoms with Gasteiger partial charge in [0, 0.05) is 0 Å². The molecule has 0 aliphatic heterocycles. The average molecular weight is 306 g/mol. The van der Waals surface area contributed by atoms with Crippen LogP contribution >= 0.6 is 0 Å². The van der Waals surface area contributed by atoms with Gasteiger partial charge in [0.15, 0.2) is 5.75 Å². The Kier molecular flexibility index (Phi) is 4.67. The fourth-order valence-electron chi connectivity index (χ4n) is 1.73. The molecule has 0 unspecified atom stereocenters. The molecule has 116 valence electrons. The van der Waals surface area contributed by atoms with Crippen molar-refractivity contribution in [1.82, 2.24) is 0 Å². The summed E-state index contributed by atoms with van der Waals surface area (Å²) >= 11 is 0. The lowest BCUT2D eigenvalue weighted by atomic mass is 10.2. The quantitative estimate of drug-likeness (QED) is 0.622. The number of aromatic hydroxyl groups is 1. The molecule has 1 aromatic heterocycles. The second kappa shape index (κ2) is 6.66. The Morgan fingerprint density at radius 3 is 2.86 bits per heavy atom. The van der Waals surface area contributed by atoms with E-state index in [4.69, 9.17) is 19.0 Å². The molecule has 0 spiro atoms. The highest BCUT2D eigenvalue weighted by Gasteiger charge is 2.15. The van der Waals surface area contributed by atoms with E-state index < -0.39 is 11.6 Å². The molecule has 0 saturated heterocycles. The summed E-state index contributed by atoms with van der Waals surface area (Å²) in [4.78, 5) is 22.2. The summed E-state index contributed by atoms with van der Waals surface area (Å²) in [7, 11) is 0. The fourth-order valence-corrected chi connectivity index (χ4v) is 1.73. The molecule has 0 aliphatic carbocycles. The lowest BCUT2D eigenvalue weighted by Gasteiger charge is -2.08. The van der Waals surface area contributed by atoms with E-state index in [1.807, 2.05) is 0 Å². The Morgan fingerprint density at radius 1 is 1.41 bits per heavy atom. The van der Waals surface area contributed by atoms with Crippen LogP contribution in [0.3, 0.4) is 0 Å². The van der Waals surface area contributed by atoms with Crippen molar-refractivity contribution in [1.29, 1.82) is 0 Å². The van der Waals surface area contributed by atoms with Crippen molar-refractivity contribution in [3.63, 3.8) is 0 Å². The maximum absolute atomic E-state index is 11.7. The second-order valence-corrected chi connectivity index (χ2v) is 4.30. The maximum atomic E-state index is 11.7. The second-order valence-electron chi connectivity index (χ2n) is 4.30. The molecule has 2 aromatic rings. The third kappa shape index (κ3) is 3.38. The van der Waals surface area contributed by atoms with Gasteiger partial charge in [-0.3, -0.25) is 4.79 Å². The normalized spacial score (nSPS) is 11.0. The van der Waals surface area contributed by atoms with Gasteiger partial charge in [0.25, 0.3) is 5.75 Å². The van der Waals surface area contributed by atoms with Crippen LogP contribution in [0.15, 0.2) is 39.7 Å². The Bertz CT molecular complexity index is 773. The van der Waals surface area contributed by atoms with Gasteiger partial charge in [0.2, 0.25) is 0 Å². The molecule has 0 amide bonds.